The van der Waals surface area contributed by atoms with Crippen LogP contribution in [0.3, 0.4) is 0 Å². The Labute approximate surface area is 98.5 Å². The molecule has 0 aromatic heterocycles. The van der Waals surface area contributed by atoms with E-state index in [0.717, 1.165) is 17.7 Å². The molecule has 2 nitrogen and oxygen atoms in total. The van der Waals surface area contributed by atoms with Crippen molar-refractivity contribution in [2.45, 2.75) is 32.1 Å². The van der Waals surface area contributed by atoms with Crippen LogP contribution in [0.25, 0.3) is 0 Å². The van der Waals surface area contributed by atoms with Crippen LogP contribution >= 0.6 is 0 Å². The molecule has 1 rings (SSSR count). The molecule has 17 heavy (non-hydrogen) atoms. The number of hydrogen-bond donors (Lipinski definition) is 2. The van der Waals surface area contributed by atoms with Crippen molar-refractivity contribution in [2.24, 2.45) is 0 Å². The highest BCUT2D eigenvalue weighted by Gasteiger charge is 2.29. The van der Waals surface area contributed by atoms with Gasteiger partial charge in [-0.3, -0.25) is 0 Å². The number of halogens is 3. The Morgan fingerprint density at radius 2 is 1.82 bits per heavy atom. The van der Waals surface area contributed by atoms with Gasteiger partial charge in [0.25, 0.3) is 0 Å². The van der Waals surface area contributed by atoms with Crippen molar-refractivity contribution in [3.05, 3.63) is 35.4 Å². The van der Waals surface area contributed by atoms with E-state index in [1.807, 2.05) is 6.92 Å². The minimum atomic E-state index is -4.28. The zero-order chi connectivity index (χ0) is 12.9. The third-order valence-electron chi connectivity index (χ3n) is 2.50. The maximum Gasteiger partial charge on any atom is 0.416 e. The van der Waals surface area contributed by atoms with Gasteiger partial charge in [0, 0.05) is 19.2 Å². The molecule has 0 aliphatic carbocycles. The Balaban J connectivity index is 2.51. The molecule has 0 aliphatic rings. The summed E-state index contributed by atoms with van der Waals surface area (Å²) in [6, 6.07) is 5.21. The van der Waals surface area contributed by atoms with Crippen LogP contribution in [0.5, 0.6) is 0 Å². The summed E-state index contributed by atoms with van der Waals surface area (Å²) in [6.07, 6.45) is -3.66. The highest BCUT2D eigenvalue weighted by molar-refractivity contribution is 5.24. The van der Waals surface area contributed by atoms with Crippen LogP contribution in [-0.4, -0.2) is 17.8 Å². The Hall–Kier alpha value is -1.07. The second kappa shape index (κ2) is 6.02. The van der Waals surface area contributed by atoms with E-state index in [1.54, 1.807) is 0 Å². The third-order valence-corrected chi connectivity index (χ3v) is 2.50. The fourth-order valence-electron chi connectivity index (χ4n) is 1.40. The molecule has 0 radical (unpaired) electrons. The lowest BCUT2D eigenvalue weighted by molar-refractivity contribution is -0.137. The molecule has 0 amide bonds. The molecule has 0 aliphatic heterocycles. The molecule has 0 saturated heterocycles. The summed E-state index contributed by atoms with van der Waals surface area (Å²) >= 11 is 0. The summed E-state index contributed by atoms with van der Waals surface area (Å²) in [5.74, 6) is 0. The van der Waals surface area contributed by atoms with Crippen molar-refractivity contribution in [2.75, 3.05) is 6.61 Å². The van der Waals surface area contributed by atoms with Crippen molar-refractivity contribution in [1.29, 1.82) is 0 Å². The average molecular weight is 247 g/mol. The van der Waals surface area contributed by atoms with Gasteiger partial charge >= 0.3 is 6.18 Å². The maximum absolute atomic E-state index is 12.3. The first kappa shape index (κ1) is 14.0. The highest BCUT2D eigenvalue weighted by Crippen LogP contribution is 2.28. The van der Waals surface area contributed by atoms with Crippen LogP contribution < -0.4 is 5.32 Å². The molecule has 0 saturated carbocycles. The largest absolute Gasteiger partial charge is 0.416 e. The number of alkyl halides is 3. The first-order valence-corrected chi connectivity index (χ1v) is 5.44. The Morgan fingerprint density at radius 3 is 2.29 bits per heavy atom. The van der Waals surface area contributed by atoms with Crippen molar-refractivity contribution in [3.63, 3.8) is 0 Å². The van der Waals surface area contributed by atoms with Crippen LogP contribution in [-0.2, 0) is 12.7 Å². The van der Waals surface area contributed by atoms with E-state index in [9.17, 15) is 13.2 Å². The molecular formula is C12H16F3NO. The zero-order valence-electron chi connectivity index (χ0n) is 9.59. The predicted molar refractivity (Wildman–Crippen MR) is 59.4 cm³/mol. The molecule has 96 valence electrons. The highest BCUT2D eigenvalue weighted by atomic mass is 19.4. The zero-order valence-corrected chi connectivity index (χ0v) is 9.59. The number of benzene rings is 1. The van der Waals surface area contributed by atoms with Gasteiger partial charge in [-0.15, -0.1) is 0 Å². The van der Waals surface area contributed by atoms with E-state index in [1.165, 1.54) is 12.1 Å². The third kappa shape index (κ3) is 4.75. The van der Waals surface area contributed by atoms with Gasteiger partial charge in [-0.05, 0) is 31.0 Å². The monoisotopic (exact) mass is 247 g/mol. The van der Waals surface area contributed by atoms with Crippen LogP contribution in [0, 0.1) is 0 Å². The lowest BCUT2D eigenvalue weighted by atomic mass is 10.1. The predicted octanol–water partition coefficient (Wildman–Crippen LogP) is 2.57. The minimum Gasteiger partial charge on any atom is -0.396 e. The van der Waals surface area contributed by atoms with Crippen molar-refractivity contribution in [1.82, 2.24) is 5.32 Å². The first-order valence-electron chi connectivity index (χ1n) is 5.44. The molecule has 5 heteroatoms. The number of hydrogen-bond acceptors (Lipinski definition) is 2. The smallest absolute Gasteiger partial charge is 0.396 e. The van der Waals surface area contributed by atoms with Gasteiger partial charge in [0.2, 0.25) is 0 Å². The lowest BCUT2D eigenvalue weighted by Crippen LogP contribution is -2.26. The number of rotatable bonds is 5. The molecule has 1 aromatic carbocycles. The molecule has 0 spiro atoms. The standard InChI is InChI=1S/C12H16F3NO/c1-9(6-7-17)16-8-10-2-4-11(5-3-10)12(13,14)15/h2-5,9,16-17H,6-8H2,1H3. The minimum absolute atomic E-state index is 0.0984. The van der Waals surface area contributed by atoms with E-state index in [4.69, 9.17) is 5.11 Å². The quantitative estimate of drug-likeness (QED) is 0.838. The van der Waals surface area contributed by atoms with Gasteiger partial charge in [-0.2, -0.15) is 13.2 Å². The van der Waals surface area contributed by atoms with Gasteiger partial charge in [0.05, 0.1) is 5.56 Å². The van der Waals surface area contributed by atoms with E-state index in [0.29, 0.717) is 13.0 Å². The molecule has 1 atom stereocenters. The molecule has 1 aromatic rings. The topological polar surface area (TPSA) is 32.3 Å². The average Bonchev–Trinajstić information content (AvgIpc) is 2.26. The maximum atomic E-state index is 12.3. The molecule has 2 N–H and O–H groups in total. The summed E-state index contributed by atoms with van der Waals surface area (Å²) in [5.41, 5.74) is 0.160. The Kier molecular flexibility index (Phi) is 4.96. The summed E-state index contributed by atoms with van der Waals surface area (Å²) in [4.78, 5) is 0. The van der Waals surface area contributed by atoms with Crippen LogP contribution in [0.2, 0.25) is 0 Å². The van der Waals surface area contributed by atoms with Crippen LogP contribution in [0.15, 0.2) is 24.3 Å². The number of nitrogens with one attached hydrogen (secondary N) is 1. The summed E-state index contributed by atoms with van der Waals surface area (Å²) in [6.45, 7) is 2.51. The van der Waals surface area contributed by atoms with Gasteiger partial charge in [0.1, 0.15) is 0 Å². The van der Waals surface area contributed by atoms with Gasteiger partial charge < -0.3 is 10.4 Å². The van der Waals surface area contributed by atoms with E-state index >= 15 is 0 Å². The van der Waals surface area contributed by atoms with Gasteiger partial charge in [-0.1, -0.05) is 12.1 Å². The van der Waals surface area contributed by atoms with Crippen LogP contribution in [0.4, 0.5) is 13.2 Å². The van der Waals surface area contributed by atoms with E-state index < -0.39 is 11.7 Å². The summed E-state index contributed by atoms with van der Waals surface area (Å²) in [5, 5.41) is 11.8. The fourth-order valence-corrected chi connectivity index (χ4v) is 1.40. The summed E-state index contributed by atoms with van der Waals surface area (Å²) in [7, 11) is 0. The number of aliphatic hydroxyl groups excluding tert-OH is 1. The summed E-state index contributed by atoms with van der Waals surface area (Å²) < 4.78 is 36.9. The van der Waals surface area contributed by atoms with Gasteiger partial charge in [-0.25, -0.2) is 0 Å². The van der Waals surface area contributed by atoms with E-state index in [-0.39, 0.29) is 12.6 Å². The molecule has 0 bridgehead atoms. The Bertz CT molecular complexity index is 335. The number of aliphatic hydroxyl groups is 1. The van der Waals surface area contributed by atoms with Crippen LogP contribution in [0.1, 0.15) is 24.5 Å². The van der Waals surface area contributed by atoms with E-state index in [2.05, 4.69) is 5.32 Å². The Morgan fingerprint density at radius 1 is 1.24 bits per heavy atom. The molecular weight excluding hydrogens is 231 g/mol. The van der Waals surface area contributed by atoms with Gasteiger partial charge in [0.15, 0.2) is 0 Å². The van der Waals surface area contributed by atoms with Crippen molar-refractivity contribution in [3.8, 4) is 0 Å². The molecule has 0 heterocycles. The molecule has 0 fully saturated rings. The van der Waals surface area contributed by atoms with Crippen molar-refractivity contribution >= 4 is 0 Å². The lowest BCUT2D eigenvalue weighted by Gasteiger charge is -2.13. The second-order valence-corrected chi connectivity index (χ2v) is 3.99. The van der Waals surface area contributed by atoms with Crippen molar-refractivity contribution < 1.29 is 18.3 Å². The molecule has 1 unspecified atom stereocenters. The normalized spacial score (nSPS) is 13.7. The SMILES string of the molecule is CC(CCO)NCc1ccc(C(F)(F)F)cc1. The second-order valence-electron chi connectivity index (χ2n) is 3.99. The fraction of sp³-hybridized carbons (Fsp3) is 0.500. The first-order chi connectivity index (χ1) is 7.93.